The van der Waals surface area contributed by atoms with Gasteiger partial charge in [0.15, 0.2) is 11.4 Å². The summed E-state index contributed by atoms with van der Waals surface area (Å²) < 4.78 is 9.09. The number of nitrogen functional groups attached to an aromatic ring is 1. The van der Waals surface area contributed by atoms with Gasteiger partial charge in [-0.05, 0) is 56.1 Å². The van der Waals surface area contributed by atoms with Gasteiger partial charge in [-0.3, -0.25) is 4.40 Å². The van der Waals surface area contributed by atoms with Gasteiger partial charge in [-0.15, -0.1) is 0 Å². The maximum absolute atomic E-state index is 6.20. The average molecular weight is 397 g/mol. The van der Waals surface area contributed by atoms with Crippen LogP contribution in [0.4, 0.5) is 5.82 Å². The van der Waals surface area contributed by atoms with Crippen LogP contribution in [0.1, 0.15) is 0 Å². The molecule has 6 heteroatoms. The third-order valence-electron chi connectivity index (χ3n) is 3.06. The zero-order valence-electron chi connectivity index (χ0n) is 10.6. The number of rotatable bonds is 2. The number of benzene rings is 1. The van der Waals surface area contributed by atoms with E-state index in [1.165, 1.54) is 0 Å². The molecule has 3 aromatic rings. The van der Waals surface area contributed by atoms with Crippen LogP contribution in [-0.4, -0.2) is 16.5 Å². The summed E-state index contributed by atoms with van der Waals surface area (Å²) in [6.07, 6.45) is 1.87. The lowest BCUT2D eigenvalue weighted by Crippen LogP contribution is -1.95. The fourth-order valence-electron chi connectivity index (χ4n) is 2.08. The highest BCUT2D eigenvalue weighted by molar-refractivity contribution is 9.13. The van der Waals surface area contributed by atoms with E-state index in [1.807, 2.05) is 40.9 Å². The van der Waals surface area contributed by atoms with Crippen LogP contribution in [0.5, 0.6) is 5.75 Å². The second-order valence-corrected chi connectivity index (χ2v) is 5.95. The molecule has 0 fully saturated rings. The molecule has 4 nitrogen and oxygen atoms in total. The van der Waals surface area contributed by atoms with Crippen LogP contribution in [0.3, 0.4) is 0 Å². The van der Waals surface area contributed by atoms with Crippen LogP contribution < -0.4 is 10.5 Å². The first-order valence-electron chi connectivity index (χ1n) is 5.88. The Bertz CT molecular complexity index is 798. The molecule has 0 unspecified atom stereocenters. The molecule has 2 heterocycles. The molecule has 0 aliphatic rings. The first-order chi connectivity index (χ1) is 9.61. The van der Waals surface area contributed by atoms with Crippen molar-refractivity contribution >= 4 is 43.3 Å². The minimum Gasteiger partial charge on any atom is -0.493 e. The quantitative estimate of drug-likeness (QED) is 0.708. The van der Waals surface area contributed by atoms with E-state index in [0.29, 0.717) is 17.2 Å². The largest absolute Gasteiger partial charge is 0.493 e. The first kappa shape index (κ1) is 13.5. The van der Waals surface area contributed by atoms with Crippen molar-refractivity contribution in [3.8, 4) is 17.0 Å². The Kier molecular flexibility index (Phi) is 3.43. The van der Waals surface area contributed by atoms with E-state index < -0.39 is 0 Å². The summed E-state index contributed by atoms with van der Waals surface area (Å²) in [6, 6.07) is 9.66. The van der Waals surface area contributed by atoms with Crippen molar-refractivity contribution in [3.63, 3.8) is 0 Å². The fourth-order valence-corrected chi connectivity index (χ4v) is 2.70. The van der Waals surface area contributed by atoms with Crippen LogP contribution in [0.2, 0.25) is 0 Å². The van der Waals surface area contributed by atoms with E-state index in [4.69, 9.17) is 10.5 Å². The number of anilines is 1. The second kappa shape index (κ2) is 5.10. The maximum Gasteiger partial charge on any atom is 0.181 e. The molecule has 0 aliphatic heterocycles. The molecular weight excluding hydrogens is 386 g/mol. The lowest BCUT2D eigenvalue weighted by atomic mass is 10.1. The van der Waals surface area contributed by atoms with Gasteiger partial charge >= 0.3 is 0 Å². The van der Waals surface area contributed by atoms with Gasteiger partial charge in [0.1, 0.15) is 11.5 Å². The molecule has 0 radical (unpaired) electrons. The van der Waals surface area contributed by atoms with Crippen LogP contribution >= 0.6 is 31.9 Å². The number of fused-ring (bicyclic) bond motifs is 1. The third kappa shape index (κ3) is 2.09. The summed E-state index contributed by atoms with van der Waals surface area (Å²) in [7, 11) is 1.62. The van der Waals surface area contributed by atoms with Crippen molar-refractivity contribution in [1.29, 1.82) is 0 Å². The summed E-state index contributed by atoms with van der Waals surface area (Å²) in [5.41, 5.74) is 8.60. The van der Waals surface area contributed by atoms with Gasteiger partial charge in [0.05, 0.1) is 7.11 Å². The maximum atomic E-state index is 6.20. The molecular formula is C14H11Br2N3O. The summed E-state index contributed by atoms with van der Waals surface area (Å²) in [4.78, 5) is 4.60. The third-order valence-corrected chi connectivity index (χ3v) is 4.94. The number of pyridine rings is 1. The molecule has 2 N–H and O–H groups in total. The number of nitrogens with two attached hydrogens (primary N) is 1. The Labute approximate surface area is 132 Å². The number of nitrogens with zero attached hydrogens (tertiary/aromatic N) is 2. The van der Waals surface area contributed by atoms with Gasteiger partial charge in [-0.25, -0.2) is 4.98 Å². The van der Waals surface area contributed by atoms with Gasteiger partial charge in [0.25, 0.3) is 0 Å². The number of ether oxygens (including phenoxy) is 1. The summed E-state index contributed by atoms with van der Waals surface area (Å²) in [5.74, 6) is 1.29. The van der Waals surface area contributed by atoms with Crippen LogP contribution in [0.15, 0.2) is 45.5 Å². The van der Waals surface area contributed by atoms with Crippen molar-refractivity contribution in [2.24, 2.45) is 0 Å². The minimum atomic E-state index is 0.591. The van der Waals surface area contributed by atoms with Gasteiger partial charge in [-0.2, -0.15) is 0 Å². The topological polar surface area (TPSA) is 52.5 Å². The molecule has 3 rings (SSSR count). The fraction of sp³-hybridized carbons (Fsp3) is 0.0714. The zero-order valence-corrected chi connectivity index (χ0v) is 13.8. The molecule has 20 heavy (non-hydrogen) atoms. The number of imidazole rings is 1. The highest BCUT2D eigenvalue weighted by Crippen LogP contribution is 2.33. The molecule has 1 aromatic carbocycles. The Balaban J connectivity index is 2.26. The molecule has 0 atom stereocenters. The minimum absolute atomic E-state index is 0.591. The number of hydrogen-bond donors (Lipinski definition) is 1. The van der Waals surface area contributed by atoms with Crippen molar-refractivity contribution in [3.05, 3.63) is 45.5 Å². The van der Waals surface area contributed by atoms with Gasteiger partial charge < -0.3 is 10.5 Å². The van der Waals surface area contributed by atoms with Crippen molar-refractivity contribution in [1.82, 2.24) is 9.38 Å². The highest BCUT2D eigenvalue weighted by Gasteiger charge is 2.14. The monoisotopic (exact) mass is 395 g/mol. The smallest absolute Gasteiger partial charge is 0.181 e. The second-order valence-electron chi connectivity index (χ2n) is 4.24. The lowest BCUT2D eigenvalue weighted by molar-refractivity contribution is 0.417. The van der Waals surface area contributed by atoms with E-state index in [2.05, 4.69) is 36.8 Å². The number of halogens is 2. The SMILES string of the molecule is COc1cccn2c(N)c(-c3ccc(Br)c(Br)c3)nc12. The predicted molar refractivity (Wildman–Crippen MR) is 87.0 cm³/mol. The molecule has 0 bridgehead atoms. The van der Waals surface area contributed by atoms with E-state index >= 15 is 0 Å². The standard InChI is InChI=1S/C14H11Br2N3O/c1-20-11-3-2-6-19-13(17)12(18-14(11)19)8-4-5-9(15)10(16)7-8/h2-7H,17H2,1H3. The number of methoxy groups -OCH3 is 1. The Morgan fingerprint density at radius 3 is 2.70 bits per heavy atom. The van der Waals surface area contributed by atoms with Crippen LogP contribution in [0.25, 0.3) is 16.9 Å². The zero-order chi connectivity index (χ0) is 14.3. The predicted octanol–water partition coefficient (Wildman–Crippen LogP) is 4.12. The molecule has 0 saturated carbocycles. The average Bonchev–Trinajstić information content (AvgIpc) is 2.79. The summed E-state index contributed by atoms with van der Waals surface area (Å²) in [5, 5.41) is 0. The molecule has 0 aliphatic carbocycles. The van der Waals surface area contributed by atoms with Crippen molar-refractivity contribution in [2.45, 2.75) is 0 Å². The lowest BCUT2D eigenvalue weighted by Gasteiger charge is -2.02. The van der Waals surface area contributed by atoms with E-state index in [0.717, 1.165) is 20.2 Å². The van der Waals surface area contributed by atoms with Gasteiger partial charge in [-0.1, -0.05) is 6.07 Å². The normalized spacial score (nSPS) is 10.9. The number of aromatic nitrogens is 2. The van der Waals surface area contributed by atoms with Gasteiger partial charge in [0.2, 0.25) is 0 Å². The highest BCUT2D eigenvalue weighted by atomic mass is 79.9. The molecule has 102 valence electrons. The van der Waals surface area contributed by atoms with E-state index in [9.17, 15) is 0 Å². The molecule has 0 saturated heterocycles. The molecule has 0 spiro atoms. The Hall–Kier alpha value is -1.53. The van der Waals surface area contributed by atoms with Crippen molar-refractivity contribution < 1.29 is 4.74 Å². The summed E-state index contributed by atoms with van der Waals surface area (Å²) >= 11 is 6.95. The number of hydrogen-bond acceptors (Lipinski definition) is 3. The molecule has 2 aromatic heterocycles. The van der Waals surface area contributed by atoms with Gasteiger partial charge in [0, 0.05) is 20.7 Å². The Morgan fingerprint density at radius 2 is 2.00 bits per heavy atom. The molecule has 0 amide bonds. The Morgan fingerprint density at radius 1 is 1.20 bits per heavy atom. The van der Waals surface area contributed by atoms with E-state index in [-0.39, 0.29) is 0 Å². The summed E-state index contributed by atoms with van der Waals surface area (Å²) in [6.45, 7) is 0. The van der Waals surface area contributed by atoms with Crippen LogP contribution in [0, 0.1) is 0 Å². The first-order valence-corrected chi connectivity index (χ1v) is 7.46. The van der Waals surface area contributed by atoms with Crippen molar-refractivity contribution in [2.75, 3.05) is 12.8 Å². The van der Waals surface area contributed by atoms with Crippen LogP contribution in [-0.2, 0) is 0 Å². The van der Waals surface area contributed by atoms with E-state index in [1.54, 1.807) is 7.11 Å².